The van der Waals surface area contributed by atoms with Crippen LogP contribution in [0.4, 0.5) is 0 Å². The van der Waals surface area contributed by atoms with Gasteiger partial charge in [0.15, 0.2) is 5.69 Å². The number of nitrogens with one attached hydrogen (secondary N) is 2. The molecular weight excluding hydrogens is 322 g/mol. The Morgan fingerprint density at radius 1 is 1.29 bits per heavy atom. The molecule has 1 aromatic carbocycles. The average molecular weight is 341 g/mol. The second-order valence-corrected chi connectivity index (χ2v) is 6.55. The fourth-order valence-electron chi connectivity index (χ4n) is 2.28. The molecule has 0 saturated carbocycles. The molecule has 0 aliphatic heterocycles. The Balaban J connectivity index is 1.66. The van der Waals surface area contributed by atoms with Crippen LogP contribution in [0.5, 0.6) is 5.75 Å². The van der Waals surface area contributed by atoms with E-state index in [0.29, 0.717) is 12.2 Å². The minimum absolute atomic E-state index is 0.0848. The van der Waals surface area contributed by atoms with E-state index in [0.717, 1.165) is 21.9 Å². The van der Waals surface area contributed by atoms with Crippen molar-refractivity contribution in [2.24, 2.45) is 0 Å². The number of nitrogens with zero attached hydrogens (tertiary/aromatic N) is 1. The van der Waals surface area contributed by atoms with Crippen molar-refractivity contribution in [2.45, 2.75) is 26.5 Å². The van der Waals surface area contributed by atoms with Crippen molar-refractivity contribution in [1.29, 1.82) is 0 Å². The zero-order valence-corrected chi connectivity index (χ0v) is 14.4. The Bertz CT molecular complexity index is 809. The molecule has 6 heteroatoms. The molecule has 0 saturated heterocycles. The fourth-order valence-corrected chi connectivity index (χ4v) is 2.97. The summed E-state index contributed by atoms with van der Waals surface area (Å²) >= 11 is 1.60. The molecule has 0 unspecified atom stereocenters. The van der Waals surface area contributed by atoms with E-state index < -0.39 is 0 Å². The van der Waals surface area contributed by atoms with E-state index >= 15 is 0 Å². The van der Waals surface area contributed by atoms with Crippen LogP contribution in [-0.2, 0) is 6.54 Å². The van der Waals surface area contributed by atoms with Gasteiger partial charge in [-0.2, -0.15) is 5.10 Å². The number of H-pyrrole nitrogens is 1. The van der Waals surface area contributed by atoms with Gasteiger partial charge in [-0.15, -0.1) is 11.3 Å². The van der Waals surface area contributed by atoms with E-state index in [2.05, 4.69) is 15.5 Å². The second kappa shape index (κ2) is 7.31. The predicted molar refractivity (Wildman–Crippen MR) is 95.3 cm³/mol. The molecule has 0 fully saturated rings. The molecule has 5 nitrogen and oxygen atoms in total. The third-order valence-corrected chi connectivity index (χ3v) is 4.27. The number of para-hydroxylation sites is 1. The number of aromatic nitrogens is 2. The van der Waals surface area contributed by atoms with Crippen molar-refractivity contribution in [3.8, 4) is 16.3 Å². The van der Waals surface area contributed by atoms with Crippen molar-refractivity contribution >= 4 is 17.2 Å². The number of carbonyl (C=O) groups excluding carboxylic acids is 1. The van der Waals surface area contributed by atoms with Crippen molar-refractivity contribution < 1.29 is 9.53 Å². The first-order chi connectivity index (χ1) is 11.6. The highest BCUT2D eigenvalue weighted by Crippen LogP contribution is 2.23. The summed E-state index contributed by atoms with van der Waals surface area (Å²) in [5.74, 6) is 0.572. The summed E-state index contributed by atoms with van der Waals surface area (Å²) in [4.78, 5) is 13.4. The van der Waals surface area contributed by atoms with Crippen LogP contribution in [0.25, 0.3) is 10.6 Å². The van der Waals surface area contributed by atoms with Crippen LogP contribution in [0.3, 0.4) is 0 Å². The molecule has 1 amide bonds. The van der Waals surface area contributed by atoms with Gasteiger partial charge in [0.2, 0.25) is 0 Å². The van der Waals surface area contributed by atoms with E-state index in [9.17, 15) is 4.79 Å². The van der Waals surface area contributed by atoms with Crippen molar-refractivity contribution in [3.05, 3.63) is 59.1 Å². The summed E-state index contributed by atoms with van der Waals surface area (Å²) < 4.78 is 5.76. The lowest BCUT2D eigenvalue weighted by molar-refractivity contribution is 0.0945. The van der Waals surface area contributed by atoms with E-state index in [1.807, 2.05) is 55.6 Å². The van der Waals surface area contributed by atoms with Crippen LogP contribution >= 0.6 is 11.3 Å². The third-order valence-electron chi connectivity index (χ3n) is 3.37. The van der Waals surface area contributed by atoms with Crippen LogP contribution in [0.2, 0.25) is 0 Å². The zero-order chi connectivity index (χ0) is 16.9. The Hall–Kier alpha value is -2.60. The van der Waals surface area contributed by atoms with Crippen LogP contribution in [0, 0.1) is 0 Å². The van der Waals surface area contributed by atoms with Gasteiger partial charge in [-0.3, -0.25) is 9.89 Å². The maximum Gasteiger partial charge on any atom is 0.272 e. The Labute approximate surface area is 144 Å². The average Bonchev–Trinajstić information content (AvgIpc) is 3.24. The molecule has 0 atom stereocenters. The molecule has 124 valence electrons. The first-order valence-corrected chi connectivity index (χ1v) is 8.63. The lowest BCUT2D eigenvalue weighted by Crippen LogP contribution is -2.23. The number of amides is 1. The molecule has 0 spiro atoms. The monoisotopic (exact) mass is 341 g/mol. The SMILES string of the molecule is CC(C)Oc1ccccc1CNC(=O)c1cc(-c2cccs2)[nH]n1. The van der Waals surface area contributed by atoms with Gasteiger partial charge in [-0.05, 0) is 37.4 Å². The zero-order valence-electron chi connectivity index (χ0n) is 13.6. The maximum absolute atomic E-state index is 12.3. The summed E-state index contributed by atoms with van der Waals surface area (Å²) in [6.45, 7) is 4.35. The molecule has 3 rings (SSSR count). The molecule has 3 aromatic rings. The molecule has 0 bridgehead atoms. The largest absolute Gasteiger partial charge is 0.491 e. The topological polar surface area (TPSA) is 67.0 Å². The molecular formula is C18H19N3O2S. The van der Waals surface area contributed by atoms with Crippen LogP contribution in [-0.4, -0.2) is 22.2 Å². The number of hydrogen-bond donors (Lipinski definition) is 2. The standard InChI is InChI=1S/C18H19N3O2S/c1-12(2)23-16-7-4-3-6-13(16)11-19-18(22)15-10-14(20-21-15)17-8-5-9-24-17/h3-10,12H,11H2,1-2H3,(H,19,22)(H,20,21). The van der Waals surface area contributed by atoms with E-state index in [1.54, 1.807) is 17.4 Å². The number of aromatic amines is 1. The summed E-state index contributed by atoms with van der Waals surface area (Å²) in [7, 11) is 0. The van der Waals surface area contributed by atoms with Gasteiger partial charge in [0.1, 0.15) is 5.75 Å². The van der Waals surface area contributed by atoms with Gasteiger partial charge in [-0.1, -0.05) is 24.3 Å². The number of ether oxygens (including phenoxy) is 1. The van der Waals surface area contributed by atoms with Gasteiger partial charge in [0, 0.05) is 12.1 Å². The minimum atomic E-state index is -0.214. The number of thiophene rings is 1. The normalized spacial score (nSPS) is 10.8. The van der Waals surface area contributed by atoms with Gasteiger partial charge < -0.3 is 10.1 Å². The van der Waals surface area contributed by atoms with E-state index in [1.165, 1.54) is 0 Å². The van der Waals surface area contributed by atoms with Crippen molar-refractivity contribution in [1.82, 2.24) is 15.5 Å². The maximum atomic E-state index is 12.3. The smallest absolute Gasteiger partial charge is 0.272 e. The Morgan fingerprint density at radius 3 is 2.88 bits per heavy atom. The minimum Gasteiger partial charge on any atom is -0.491 e. The highest BCUT2D eigenvalue weighted by molar-refractivity contribution is 7.13. The number of benzene rings is 1. The summed E-state index contributed by atoms with van der Waals surface area (Å²) in [5, 5.41) is 11.9. The quantitative estimate of drug-likeness (QED) is 0.715. The fraction of sp³-hybridized carbons (Fsp3) is 0.222. The van der Waals surface area contributed by atoms with E-state index in [4.69, 9.17) is 4.74 Å². The van der Waals surface area contributed by atoms with E-state index in [-0.39, 0.29) is 12.0 Å². The first kappa shape index (κ1) is 16.3. The molecule has 0 aliphatic carbocycles. The number of rotatable bonds is 6. The molecule has 0 radical (unpaired) electrons. The van der Waals surface area contributed by atoms with Crippen LogP contribution < -0.4 is 10.1 Å². The van der Waals surface area contributed by atoms with Crippen LogP contribution in [0.1, 0.15) is 29.9 Å². The van der Waals surface area contributed by atoms with Crippen molar-refractivity contribution in [2.75, 3.05) is 0 Å². The summed E-state index contributed by atoms with van der Waals surface area (Å²) in [6, 6.07) is 13.4. The Morgan fingerprint density at radius 2 is 2.12 bits per heavy atom. The van der Waals surface area contributed by atoms with Gasteiger partial charge in [0.05, 0.1) is 16.7 Å². The number of hydrogen-bond acceptors (Lipinski definition) is 4. The number of carbonyl (C=O) groups is 1. The van der Waals surface area contributed by atoms with Gasteiger partial charge >= 0.3 is 0 Å². The predicted octanol–water partition coefficient (Wildman–Crippen LogP) is 3.86. The lowest BCUT2D eigenvalue weighted by Gasteiger charge is -2.14. The van der Waals surface area contributed by atoms with Gasteiger partial charge in [0.25, 0.3) is 5.91 Å². The molecule has 24 heavy (non-hydrogen) atoms. The van der Waals surface area contributed by atoms with Gasteiger partial charge in [-0.25, -0.2) is 0 Å². The summed E-state index contributed by atoms with van der Waals surface area (Å²) in [6.07, 6.45) is 0.0848. The van der Waals surface area contributed by atoms with Crippen molar-refractivity contribution in [3.63, 3.8) is 0 Å². The second-order valence-electron chi connectivity index (χ2n) is 5.60. The first-order valence-electron chi connectivity index (χ1n) is 7.75. The molecule has 2 N–H and O–H groups in total. The highest BCUT2D eigenvalue weighted by Gasteiger charge is 2.13. The molecule has 2 heterocycles. The third kappa shape index (κ3) is 3.83. The molecule has 0 aliphatic rings. The lowest BCUT2D eigenvalue weighted by atomic mass is 10.2. The summed E-state index contributed by atoms with van der Waals surface area (Å²) in [5.41, 5.74) is 2.16. The van der Waals surface area contributed by atoms with Crippen LogP contribution in [0.15, 0.2) is 47.8 Å². The Kier molecular flexibility index (Phi) is 4.96. The molecule has 2 aromatic heterocycles. The highest BCUT2D eigenvalue weighted by atomic mass is 32.1.